The summed E-state index contributed by atoms with van der Waals surface area (Å²) in [6, 6.07) is 10.3. The molecule has 3 rings (SSSR count). The minimum atomic E-state index is -0.482. The molecule has 0 aromatic heterocycles. The first-order valence-electron chi connectivity index (χ1n) is 8.13. The van der Waals surface area contributed by atoms with Gasteiger partial charge >= 0.3 is 0 Å². The molecule has 7 heteroatoms. The number of hydrogen-bond donors (Lipinski definition) is 1. The molecule has 0 bridgehead atoms. The van der Waals surface area contributed by atoms with E-state index in [9.17, 15) is 18.8 Å². The molecule has 2 aromatic rings. The molecule has 2 aromatic carbocycles. The van der Waals surface area contributed by atoms with Crippen molar-refractivity contribution in [1.82, 2.24) is 0 Å². The Hall–Kier alpha value is -3.22. The van der Waals surface area contributed by atoms with Gasteiger partial charge in [0.1, 0.15) is 18.1 Å². The van der Waals surface area contributed by atoms with Gasteiger partial charge in [0.2, 0.25) is 5.91 Å². The highest BCUT2D eigenvalue weighted by molar-refractivity contribution is 6.06. The number of rotatable bonds is 5. The third-order valence-corrected chi connectivity index (χ3v) is 3.96. The topological polar surface area (TPSA) is 75.7 Å². The van der Waals surface area contributed by atoms with Crippen molar-refractivity contribution in [3.63, 3.8) is 0 Å². The molecule has 1 N–H and O–H groups in total. The zero-order chi connectivity index (χ0) is 18.7. The number of Topliss-reactive ketones (excluding diaryl/α,β-unsaturated/α-hetero) is 1. The standard InChI is InChI=1S/C19H17FN2O4/c1-2-16(23)12-6-7-17-15(8-12)22(19(25)11-26-17)10-18(24)21-14-5-3-4-13(20)9-14/h3-9H,2,10-11H2,1H3,(H,21,24). The van der Waals surface area contributed by atoms with E-state index in [0.717, 1.165) is 0 Å². The molecule has 2 amide bonds. The third-order valence-electron chi connectivity index (χ3n) is 3.96. The number of carbonyl (C=O) groups excluding carboxylic acids is 3. The van der Waals surface area contributed by atoms with Crippen molar-refractivity contribution in [3.8, 4) is 5.75 Å². The van der Waals surface area contributed by atoms with Crippen LogP contribution in [0.3, 0.4) is 0 Å². The number of benzene rings is 2. The lowest BCUT2D eigenvalue weighted by atomic mass is 10.1. The van der Waals surface area contributed by atoms with Gasteiger partial charge in [-0.15, -0.1) is 0 Å². The molecule has 0 aliphatic carbocycles. The molecule has 1 aliphatic rings. The summed E-state index contributed by atoms with van der Waals surface area (Å²) in [4.78, 5) is 37.7. The Bertz CT molecular complexity index is 882. The van der Waals surface area contributed by atoms with E-state index >= 15 is 0 Å². The number of ketones is 1. The van der Waals surface area contributed by atoms with Gasteiger partial charge in [-0.05, 0) is 36.4 Å². The van der Waals surface area contributed by atoms with Gasteiger partial charge in [0.05, 0.1) is 5.69 Å². The van der Waals surface area contributed by atoms with Crippen LogP contribution in [0.4, 0.5) is 15.8 Å². The van der Waals surface area contributed by atoms with Crippen LogP contribution in [0.5, 0.6) is 5.75 Å². The van der Waals surface area contributed by atoms with E-state index in [2.05, 4.69) is 5.32 Å². The predicted octanol–water partition coefficient (Wildman–Crippen LogP) is 2.78. The highest BCUT2D eigenvalue weighted by Crippen LogP contribution is 2.33. The molecule has 1 heterocycles. The number of nitrogens with one attached hydrogen (secondary N) is 1. The molecule has 0 unspecified atom stereocenters. The van der Waals surface area contributed by atoms with Crippen molar-refractivity contribution in [2.45, 2.75) is 13.3 Å². The normalized spacial score (nSPS) is 13.0. The summed E-state index contributed by atoms with van der Waals surface area (Å²) in [6.45, 7) is 1.28. The van der Waals surface area contributed by atoms with Crippen LogP contribution in [0.1, 0.15) is 23.7 Å². The van der Waals surface area contributed by atoms with E-state index in [0.29, 0.717) is 29.1 Å². The molecule has 0 atom stereocenters. The minimum Gasteiger partial charge on any atom is -0.482 e. The number of ether oxygens (including phenoxy) is 1. The molecule has 26 heavy (non-hydrogen) atoms. The van der Waals surface area contributed by atoms with E-state index in [4.69, 9.17) is 4.74 Å². The van der Waals surface area contributed by atoms with Gasteiger partial charge in [-0.3, -0.25) is 19.3 Å². The molecule has 134 valence electrons. The van der Waals surface area contributed by atoms with Crippen molar-refractivity contribution in [3.05, 3.63) is 53.8 Å². The Balaban J connectivity index is 1.82. The van der Waals surface area contributed by atoms with E-state index < -0.39 is 17.6 Å². The fourth-order valence-electron chi connectivity index (χ4n) is 2.66. The van der Waals surface area contributed by atoms with Crippen molar-refractivity contribution >= 4 is 29.0 Å². The summed E-state index contributed by atoms with van der Waals surface area (Å²) in [6.07, 6.45) is 0.327. The molecule has 1 aliphatic heterocycles. The summed E-state index contributed by atoms with van der Waals surface area (Å²) in [7, 11) is 0. The lowest BCUT2D eigenvalue weighted by Gasteiger charge is -2.29. The Morgan fingerprint density at radius 2 is 2.04 bits per heavy atom. The maximum absolute atomic E-state index is 13.2. The van der Waals surface area contributed by atoms with E-state index in [1.807, 2.05) is 0 Å². The SMILES string of the molecule is CCC(=O)c1ccc2c(c1)N(CC(=O)Nc1cccc(F)c1)C(=O)CO2. The Morgan fingerprint density at radius 1 is 1.23 bits per heavy atom. The first kappa shape index (κ1) is 17.6. The molecule has 0 radical (unpaired) electrons. The molecule has 0 saturated carbocycles. The molecule has 0 fully saturated rings. The fourth-order valence-corrected chi connectivity index (χ4v) is 2.66. The Labute approximate surface area is 149 Å². The number of fused-ring (bicyclic) bond motifs is 1. The minimum absolute atomic E-state index is 0.0741. The second-order valence-corrected chi connectivity index (χ2v) is 5.79. The van der Waals surface area contributed by atoms with E-state index in [-0.39, 0.29) is 18.9 Å². The highest BCUT2D eigenvalue weighted by Gasteiger charge is 2.28. The number of amides is 2. The monoisotopic (exact) mass is 356 g/mol. The van der Waals surface area contributed by atoms with Gasteiger partial charge in [0.25, 0.3) is 5.91 Å². The number of carbonyl (C=O) groups is 3. The van der Waals surface area contributed by atoms with Crippen molar-refractivity contribution in [2.24, 2.45) is 0 Å². The van der Waals surface area contributed by atoms with E-state index in [1.54, 1.807) is 31.2 Å². The summed E-state index contributed by atoms with van der Waals surface area (Å²) >= 11 is 0. The quantitative estimate of drug-likeness (QED) is 0.836. The molecular formula is C19H17FN2O4. The Kier molecular flexibility index (Phi) is 4.97. The number of nitrogens with zero attached hydrogens (tertiary/aromatic N) is 1. The van der Waals surface area contributed by atoms with Crippen LogP contribution in [0, 0.1) is 5.82 Å². The maximum atomic E-state index is 13.2. The van der Waals surface area contributed by atoms with Crippen LogP contribution in [0.15, 0.2) is 42.5 Å². The fraction of sp³-hybridized carbons (Fsp3) is 0.211. The summed E-state index contributed by atoms with van der Waals surface area (Å²) in [5.74, 6) is -0.999. The Morgan fingerprint density at radius 3 is 2.77 bits per heavy atom. The van der Waals surface area contributed by atoms with Crippen LogP contribution in [0.2, 0.25) is 0 Å². The van der Waals surface area contributed by atoms with Crippen molar-refractivity contribution < 1.29 is 23.5 Å². The summed E-state index contributed by atoms with van der Waals surface area (Å²) in [5, 5.41) is 2.55. The molecule has 6 nitrogen and oxygen atoms in total. The van der Waals surface area contributed by atoms with Crippen LogP contribution in [-0.2, 0) is 9.59 Å². The van der Waals surface area contributed by atoms with E-state index in [1.165, 1.54) is 23.1 Å². The van der Waals surface area contributed by atoms with Gasteiger partial charge in [-0.2, -0.15) is 0 Å². The second kappa shape index (κ2) is 7.35. The average Bonchev–Trinajstić information content (AvgIpc) is 2.63. The number of anilines is 2. The van der Waals surface area contributed by atoms with Crippen LogP contribution < -0.4 is 15.0 Å². The smallest absolute Gasteiger partial charge is 0.265 e. The summed E-state index contributed by atoms with van der Waals surface area (Å²) < 4.78 is 18.6. The van der Waals surface area contributed by atoms with Crippen molar-refractivity contribution in [2.75, 3.05) is 23.4 Å². The van der Waals surface area contributed by atoms with Gasteiger partial charge < -0.3 is 10.1 Å². The third kappa shape index (κ3) is 3.72. The van der Waals surface area contributed by atoms with Crippen LogP contribution in [-0.4, -0.2) is 30.7 Å². The van der Waals surface area contributed by atoms with Gasteiger partial charge in [-0.25, -0.2) is 4.39 Å². The second-order valence-electron chi connectivity index (χ2n) is 5.79. The highest BCUT2D eigenvalue weighted by atomic mass is 19.1. The zero-order valence-electron chi connectivity index (χ0n) is 14.1. The first-order valence-corrected chi connectivity index (χ1v) is 8.13. The number of halogens is 1. The van der Waals surface area contributed by atoms with Crippen LogP contribution in [0.25, 0.3) is 0 Å². The predicted molar refractivity (Wildman–Crippen MR) is 93.9 cm³/mol. The lowest BCUT2D eigenvalue weighted by molar-refractivity contribution is -0.123. The summed E-state index contributed by atoms with van der Waals surface area (Å²) in [5.41, 5.74) is 1.11. The maximum Gasteiger partial charge on any atom is 0.265 e. The zero-order valence-corrected chi connectivity index (χ0v) is 14.1. The molecule has 0 spiro atoms. The number of hydrogen-bond acceptors (Lipinski definition) is 4. The lowest BCUT2D eigenvalue weighted by Crippen LogP contribution is -2.43. The average molecular weight is 356 g/mol. The van der Waals surface area contributed by atoms with Gasteiger partial charge in [0, 0.05) is 17.7 Å². The van der Waals surface area contributed by atoms with Gasteiger partial charge in [-0.1, -0.05) is 13.0 Å². The van der Waals surface area contributed by atoms with Gasteiger partial charge in [0.15, 0.2) is 12.4 Å². The largest absolute Gasteiger partial charge is 0.482 e. The van der Waals surface area contributed by atoms with Crippen LogP contribution >= 0.6 is 0 Å². The molecular weight excluding hydrogens is 339 g/mol. The first-order chi connectivity index (χ1) is 12.5. The molecule has 0 saturated heterocycles. The van der Waals surface area contributed by atoms with Crippen molar-refractivity contribution in [1.29, 1.82) is 0 Å².